The fourth-order valence-electron chi connectivity index (χ4n) is 1.44. The van der Waals surface area contributed by atoms with Crippen molar-refractivity contribution in [2.24, 2.45) is 5.11 Å². The fraction of sp³-hybridized carbons (Fsp3) is 0.455. The highest BCUT2D eigenvalue weighted by Gasteiger charge is 2.20. The molecule has 1 aromatic rings. The number of nitrogens with one attached hydrogen (secondary N) is 1. The van der Waals surface area contributed by atoms with Crippen molar-refractivity contribution in [1.29, 1.82) is 0 Å². The van der Waals surface area contributed by atoms with Gasteiger partial charge in [0.05, 0.1) is 14.2 Å². The van der Waals surface area contributed by atoms with Gasteiger partial charge >= 0.3 is 5.97 Å². The Hall–Kier alpha value is -2.31. The molecule has 0 bridgehead atoms. The summed E-state index contributed by atoms with van der Waals surface area (Å²) in [6.45, 7) is 0.601. The predicted molar refractivity (Wildman–Crippen MR) is 67.6 cm³/mol. The number of hydrogen-bond donors (Lipinski definition) is 1. The monoisotopic (exact) mass is 265 g/mol. The van der Waals surface area contributed by atoms with Crippen molar-refractivity contribution in [1.82, 2.24) is 10.3 Å². The van der Waals surface area contributed by atoms with Gasteiger partial charge in [0.25, 0.3) is 0 Å². The Labute approximate surface area is 110 Å². The Balaban J connectivity index is 2.76. The van der Waals surface area contributed by atoms with Gasteiger partial charge in [-0.1, -0.05) is 5.11 Å². The third-order valence-electron chi connectivity index (χ3n) is 2.36. The lowest BCUT2D eigenvalue weighted by Gasteiger charge is -2.16. The first-order valence-electron chi connectivity index (χ1n) is 5.55. The molecule has 0 amide bonds. The van der Waals surface area contributed by atoms with Crippen LogP contribution < -0.4 is 10.1 Å². The molecular formula is C11H15N5O3. The van der Waals surface area contributed by atoms with E-state index in [2.05, 4.69) is 20.3 Å². The van der Waals surface area contributed by atoms with Gasteiger partial charge in [0.1, 0.15) is 6.04 Å². The van der Waals surface area contributed by atoms with Crippen LogP contribution in [0.1, 0.15) is 11.6 Å². The lowest BCUT2D eigenvalue weighted by molar-refractivity contribution is -0.143. The molecule has 0 saturated heterocycles. The van der Waals surface area contributed by atoms with E-state index in [1.54, 1.807) is 12.1 Å². The Kier molecular flexibility index (Phi) is 6.14. The van der Waals surface area contributed by atoms with Crippen LogP contribution in [-0.4, -0.2) is 38.3 Å². The molecule has 1 N–H and O–H groups in total. The summed E-state index contributed by atoms with van der Waals surface area (Å²) < 4.78 is 9.66. The summed E-state index contributed by atoms with van der Waals surface area (Å²) >= 11 is 0. The van der Waals surface area contributed by atoms with Crippen LogP contribution in [0.5, 0.6) is 5.88 Å². The molecular weight excluding hydrogens is 250 g/mol. The SMILES string of the molecule is COC(=O)C(NCCN=[N+]=[N-])c1ccc(OC)nc1. The molecule has 1 heterocycles. The first kappa shape index (κ1) is 14.7. The number of esters is 1. The second-order valence-corrected chi connectivity index (χ2v) is 3.50. The topological polar surface area (TPSA) is 109 Å². The summed E-state index contributed by atoms with van der Waals surface area (Å²) in [7, 11) is 2.82. The van der Waals surface area contributed by atoms with Gasteiger partial charge in [-0.3, -0.25) is 0 Å². The summed E-state index contributed by atoms with van der Waals surface area (Å²) in [6.07, 6.45) is 1.53. The normalized spacial score (nSPS) is 11.3. The molecule has 0 saturated carbocycles. The highest BCUT2D eigenvalue weighted by molar-refractivity contribution is 5.77. The fourth-order valence-corrected chi connectivity index (χ4v) is 1.44. The zero-order valence-electron chi connectivity index (χ0n) is 10.7. The van der Waals surface area contributed by atoms with Gasteiger partial charge in [0, 0.05) is 30.3 Å². The van der Waals surface area contributed by atoms with Crippen LogP contribution in [-0.2, 0) is 9.53 Å². The van der Waals surface area contributed by atoms with E-state index in [0.29, 0.717) is 18.0 Å². The number of carbonyl (C=O) groups excluding carboxylic acids is 1. The van der Waals surface area contributed by atoms with E-state index in [0.717, 1.165) is 0 Å². The molecule has 0 spiro atoms. The van der Waals surface area contributed by atoms with Crippen molar-refractivity contribution in [3.63, 3.8) is 0 Å². The van der Waals surface area contributed by atoms with Crippen LogP contribution in [0, 0.1) is 0 Å². The van der Waals surface area contributed by atoms with Crippen molar-refractivity contribution in [3.05, 3.63) is 34.3 Å². The number of nitrogens with zero attached hydrogens (tertiary/aromatic N) is 4. The zero-order chi connectivity index (χ0) is 14.1. The van der Waals surface area contributed by atoms with Crippen molar-refractivity contribution >= 4 is 5.97 Å². The molecule has 1 atom stereocenters. The highest BCUT2D eigenvalue weighted by Crippen LogP contribution is 2.16. The molecule has 0 aliphatic heterocycles. The van der Waals surface area contributed by atoms with Crippen molar-refractivity contribution in [2.75, 3.05) is 27.3 Å². The molecule has 0 radical (unpaired) electrons. The van der Waals surface area contributed by atoms with E-state index in [-0.39, 0.29) is 6.54 Å². The molecule has 1 unspecified atom stereocenters. The first-order valence-corrected chi connectivity index (χ1v) is 5.55. The number of carbonyl (C=O) groups is 1. The largest absolute Gasteiger partial charge is 0.481 e. The number of pyridine rings is 1. The van der Waals surface area contributed by atoms with Crippen LogP contribution >= 0.6 is 0 Å². The van der Waals surface area contributed by atoms with Crippen LogP contribution in [0.4, 0.5) is 0 Å². The molecule has 1 aromatic heterocycles. The number of ether oxygens (including phenoxy) is 2. The minimum atomic E-state index is -0.655. The Bertz CT molecular complexity index is 456. The van der Waals surface area contributed by atoms with Crippen LogP contribution in [0.2, 0.25) is 0 Å². The van der Waals surface area contributed by atoms with Gasteiger partial charge in [-0.05, 0) is 17.2 Å². The van der Waals surface area contributed by atoms with E-state index < -0.39 is 12.0 Å². The third-order valence-corrected chi connectivity index (χ3v) is 2.36. The first-order chi connectivity index (χ1) is 9.22. The summed E-state index contributed by atoms with van der Waals surface area (Å²) in [4.78, 5) is 18.3. The van der Waals surface area contributed by atoms with Gasteiger partial charge in [0.2, 0.25) is 5.88 Å². The summed E-state index contributed by atoms with van der Waals surface area (Å²) in [5, 5.41) is 6.32. The van der Waals surface area contributed by atoms with Crippen LogP contribution in [0.15, 0.2) is 23.4 Å². The molecule has 0 aliphatic rings. The number of rotatable bonds is 7. The van der Waals surface area contributed by atoms with Gasteiger partial charge in [0.15, 0.2) is 0 Å². The lowest BCUT2D eigenvalue weighted by atomic mass is 10.1. The molecule has 0 aromatic carbocycles. The minimum Gasteiger partial charge on any atom is -0.481 e. The van der Waals surface area contributed by atoms with E-state index in [4.69, 9.17) is 15.0 Å². The molecule has 8 nitrogen and oxygen atoms in total. The second-order valence-electron chi connectivity index (χ2n) is 3.50. The smallest absolute Gasteiger partial charge is 0.327 e. The standard InChI is InChI=1S/C11H15N5O3/c1-18-9-4-3-8(7-14-9)10(11(17)19-2)13-5-6-15-16-12/h3-4,7,10,13H,5-6H2,1-2H3. The maximum atomic E-state index is 11.7. The summed E-state index contributed by atoms with van der Waals surface area (Å²) in [5.41, 5.74) is 8.82. The van der Waals surface area contributed by atoms with E-state index in [1.807, 2.05) is 0 Å². The minimum absolute atomic E-state index is 0.244. The summed E-state index contributed by atoms with van der Waals surface area (Å²) in [6, 6.07) is 2.71. The average molecular weight is 265 g/mol. The van der Waals surface area contributed by atoms with Gasteiger partial charge in [-0.25, -0.2) is 9.78 Å². The average Bonchev–Trinajstić information content (AvgIpc) is 2.47. The Morgan fingerprint density at radius 2 is 2.37 bits per heavy atom. The third kappa shape index (κ3) is 4.46. The Morgan fingerprint density at radius 1 is 1.58 bits per heavy atom. The van der Waals surface area contributed by atoms with Crippen molar-refractivity contribution < 1.29 is 14.3 Å². The Morgan fingerprint density at radius 3 is 2.89 bits per heavy atom. The predicted octanol–water partition coefficient (Wildman–Crippen LogP) is 1.20. The highest BCUT2D eigenvalue weighted by atomic mass is 16.5. The van der Waals surface area contributed by atoms with Crippen molar-refractivity contribution in [2.45, 2.75) is 6.04 Å². The van der Waals surface area contributed by atoms with E-state index in [1.165, 1.54) is 20.4 Å². The zero-order valence-corrected chi connectivity index (χ0v) is 10.7. The maximum Gasteiger partial charge on any atom is 0.327 e. The van der Waals surface area contributed by atoms with Crippen LogP contribution in [0.25, 0.3) is 10.4 Å². The molecule has 1 rings (SSSR count). The van der Waals surface area contributed by atoms with Gasteiger partial charge in [-0.15, -0.1) is 0 Å². The van der Waals surface area contributed by atoms with E-state index >= 15 is 0 Å². The molecule has 19 heavy (non-hydrogen) atoms. The van der Waals surface area contributed by atoms with Gasteiger partial charge in [-0.2, -0.15) is 0 Å². The number of hydrogen-bond acceptors (Lipinski definition) is 6. The molecule has 0 aliphatic carbocycles. The molecule has 0 fully saturated rings. The van der Waals surface area contributed by atoms with Crippen molar-refractivity contribution in [3.8, 4) is 5.88 Å². The lowest BCUT2D eigenvalue weighted by Crippen LogP contribution is -2.31. The quantitative estimate of drug-likeness (QED) is 0.262. The number of aromatic nitrogens is 1. The van der Waals surface area contributed by atoms with Crippen LogP contribution in [0.3, 0.4) is 0 Å². The van der Waals surface area contributed by atoms with Gasteiger partial charge < -0.3 is 14.8 Å². The number of azide groups is 1. The van der Waals surface area contributed by atoms with E-state index in [9.17, 15) is 4.79 Å². The second kappa shape index (κ2) is 7.91. The maximum absolute atomic E-state index is 11.7. The molecule has 102 valence electrons. The number of methoxy groups -OCH3 is 2. The summed E-state index contributed by atoms with van der Waals surface area (Å²) in [5.74, 6) is 0.0225. The molecule has 8 heteroatoms.